The Morgan fingerprint density at radius 3 is 2.50 bits per heavy atom. The molecule has 0 atom stereocenters. The molecule has 1 heterocycles. The molecular formula is C20H15BrFNO3S2. The standard InChI is InChI=1S/C20H15BrFNO3S2/c1-28(25,26)16-8-9-17(22)18(12-16)23-20(24)11-7-15-6-10-19(27-15)13-2-4-14(21)5-3-13/h2-12H,1H3,(H,23,24). The number of halogens is 2. The van der Waals surface area contributed by atoms with Gasteiger partial charge in [0.2, 0.25) is 5.91 Å². The predicted octanol–water partition coefficient (Wildman–Crippen LogP) is 5.37. The van der Waals surface area contributed by atoms with Gasteiger partial charge in [0, 0.05) is 26.6 Å². The van der Waals surface area contributed by atoms with Gasteiger partial charge in [-0.2, -0.15) is 0 Å². The van der Waals surface area contributed by atoms with Crippen molar-refractivity contribution in [2.75, 3.05) is 11.6 Å². The maximum absolute atomic E-state index is 13.9. The Bertz CT molecular complexity index is 1150. The van der Waals surface area contributed by atoms with Crippen LogP contribution in [0.4, 0.5) is 10.1 Å². The van der Waals surface area contributed by atoms with E-state index in [1.165, 1.54) is 17.4 Å². The summed E-state index contributed by atoms with van der Waals surface area (Å²) in [5.74, 6) is -1.26. The summed E-state index contributed by atoms with van der Waals surface area (Å²) in [4.78, 5) is 13.9. The molecule has 0 bridgehead atoms. The normalized spacial score (nSPS) is 11.7. The molecule has 0 unspecified atom stereocenters. The summed E-state index contributed by atoms with van der Waals surface area (Å²) in [5.41, 5.74) is 0.885. The van der Waals surface area contributed by atoms with Gasteiger partial charge in [0.25, 0.3) is 0 Å². The number of anilines is 1. The summed E-state index contributed by atoms with van der Waals surface area (Å²) >= 11 is 4.91. The van der Waals surface area contributed by atoms with E-state index in [1.807, 2.05) is 36.4 Å². The molecule has 144 valence electrons. The molecule has 3 rings (SSSR count). The van der Waals surface area contributed by atoms with Gasteiger partial charge in [-0.1, -0.05) is 28.1 Å². The van der Waals surface area contributed by atoms with Crippen LogP contribution in [0, 0.1) is 5.82 Å². The molecule has 0 aliphatic rings. The molecule has 28 heavy (non-hydrogen) atoms. The van der Waals surface area contributed by atoms with Crippen LogP contribution < -0.4 is 5.32 Å². The lowest BCUT2D eigenvalue weighted by Crippen LogP contribution is -2.10. The van der Waals surface area contributed by atoms with E-state index in [1.54, 1.807) is 6.08 Å². The van der Waals surface area contributed by atoms with Gasteiger partial charge in [-0.3, -0.25) is 4.79 Å². The number of sulfone groups is 1. The number of carbonyl (C=O) groups excluding carboxylic acids is 1. The van der Waals surface area contributed by atoms with E-state index in [0.29, 0.717) is 0 Å². The van der Waals surface area contributed by atoms with Crippen molar-refractivity contribution in [2.45, 2.75) is 4.90 Å². The van der Waals surface area contributed by atoms with Gasteiger partial charge in [0.1, 0.15) is 5.82 Å². The molecular weight excluding hydrogens is 465 g/mol. The first-order valence-corrected chi connectivity index (χ1v) is 11.6. The first kappa shape index (κ1) is 20.4. The Morgan fingerprint density at radius 1 is 1.11 bits per heavy atom. The summed E-state index contributed by atoms with van der Waals surface area (Å²) in [6.07, 6.45) is 3.93. The summed E-state index contributed by atoms with van der Waals surface area (Å²) in [6, 6.07) is 15.0. The van der Waals surface area contributed by atoms with Gasteiger partial charge in [-0.05, 0) is 54.1 Å². The molecule has 0 radical (unpaired) electrons. The highest BCUT2D eigenvalue weighted by Gasteiger charge is 2.12. The Labute approximate surface area is 174 Å². The molecule has 0 spiro atoms. The van der Waals surface area contributed by atoms with E-state index < -0.39 is 21.6 Å². The first-order chi connectivity index (χ1) is 13.2. The van der Waals surface area contributed by atoms with Gasteiger partial charge in [0.05, 0.1) is 10.6 Å². The van der Waals surface area contributed by atoms with E-state index >= 15 is 0 Å². The summed E-state index contributed by atoms with van der Waals surface area (Å²) in [7, 11) is -3.50. The molecule has 1 N–H and O–H groups in total. The zero-order valence-corrected chi connectivity index (χ0v) is 17.9. The van der Waals surface area contributed by atoms with Gasteiger partial charge in [-0.25, -0.2) is 12.8 Å². The largest absolute Gasteiger partial charge is 0.320 e. The van der Waals surface area contributed by atoms with E-state index in [9.17, 15) is 17.6 Å². The lowest BCUT2D eigenvalue weighted by Gasteiger charge is -2.06. The Morgan fingerprint density at radius 2 is 1.82 bits per heavy atom. The van der Waals surface area contributed by atoms with Crippen molar-refractivity contribution in [1.82, 2.24) is 0 Å². The lowest BCUT2D eigenvalue weighted by molar-refractivity contribution is -0.111. The van der Waals surface area contributed by atoms with Crippen LogP contribution in [-0.2, 0) is 14.6 Å². The van der Waals surface area contributed by atoms with Gasteiger partial charge in [-0.15, -0.1) is 11.3 Å². The third-order valence-electron chi connectivity index (χ3n) is 3.78. The molecule has 8 heteroatoms. The number of rotatable bonds is 5. The Kier molecular flexibility index (Phi) is 6.12. The monoisotopic (exact) mass is 479 g/mol. The van der Waals surface area contributed by atoms with Gasteiger partial charge >= 0.3 is 0 Å². The Hall–Kier alpha value is -2.29. The van der Waals surface area contributed by atoms with Gasteiger partial charge < -0.3 is 5.32 Å². The molecule has 0 aliphatic carbocycles. The quantitative estimate of drug-likeness (QED) is 0.395. The predicted molar refractivity (Wildman–Crippen MR) is 115 cm³/mol. The highest BCUT2D eigenvalue weighted by molar-refractivity contribution is 9.10. The average Bonchev–Trinajstić information content (AvgIpc) is 3.10. The van der Waals surface area contributed by atoms with Crippen molar-refractivity contribution >= 4 is 54.8 Å². The lowest BCUT2D eigenvalue weighted by atomic mass is 10.2. The fraction of sp³-hybridized carbons (Fsp3) is 0.0500. The number of nitrogens with one attached hydrogen (secondary N) is 1. The third-order valence-corrected chi connectivity index (χ3v) is 6.52. The van der Waals surface area contributed by atoms with Crippen LogP contribution in [0.15, 0.2) is 70.0 Å². The second-order valence-corrected chi connectivity index (χ2v) is 9.99. The van der Waals surface area contributed by atoms with Crippen molar-refractivity contribution in [1.29, 1.82) is 0 Å². The number of benzene rings is 2. The van der Waals surface area contributed by atoms with E-state index in [0.717, 1.165) is 44.2 Å². The second-order valence-electron chi connectivity index (χ2n) is 5.95. The van der Waals surface area contributed by atoms with Crippen LogP contribution in [0.2, 0.25) is 0 Å². The topological polar surface area (TPSA) is 63.2 Å². The van der Waals surface area contributed by atoms with Crippen molar-refractivity contribution in [3.63, 3.8) is 0 Å². The summed E-state index contributed by atoms with van der Waals surface area (Å²) in [5, 5.41) is 2.37. The van der Waals surface area contributed by atoms with Crippen LogP contribution in [-0.4, -0.2) is 20.6 Å². The maximum Gasteiger partial charge on any atom is 0.248 e. The van der Waals surface area contributed by atoms with Crippen LogP contribution in [0.25, 0.3) is 16.5 Å². The molecule has 0 fully saturated rings. The van der Waals surface area contributed by atoms with Gasteiger partial charge in [0.15, 0.2) is 9.84 Å². The number of hydrogen-bond acceptors (Lipinski definition) is 4. The molecule has 0 saturated heterocycles. The molecule has 0 aliphatic heterocycles. The summed E-state index contributed by atoms with van der Waals surface area (Å²) < 4.78 is 38.0. The molecule has 1 amide bonds. The minimum atomic E-state index is -3.50. The van der Waals surface area contributed by atoms with Crippen LogP contribution in [0.1, 0.15) is 4.88 Å². The molecule has 1 aromatic heterocycles. The first-order valence-electron chi connectivity index (χ1n) is 8.07. The number of amides is 1. The SMILES string of the molecule is CS(=O)(=O)c1ccc(F)c(NC(=O)C=Cc2ccc(-c3ccc(Br)cc3)s2)c1. The fourth-order valence-electron chi connectivity index (χ4n) is 2.37. The minimum absolute atomic E-state index is 0.0643. The molecule has 2 aromatic carbocycles. The van der Waals surface area contributed by atoms with E-state index in [4.69, 9.17) is 0 Å². The molecule has 0 saturated carbocycles. The van der Waals surface area contributed by atoms with Crippen molar-refractivity contribution in [3.05, 3.63) is 75.8 Å². The van der Waals surface area contributed by atoms with Crippen LogP contribution >= 0.6 is 27.3 Å². The fourth-order valence-corrected chi connectivity index (χ4v) is 4.20. The van der Waals surface area contributed by atoms with Crippen molar-refractivity contribution in [2.24, 2.45) is 0 Å². The van der Waals surface area contributed by atoms with E-state index in [2.05, 4.69) is 21.2 Å². The number of hydrogen-bond donors (Lipinski definition) is 1. The highest BCUT2D eigenvalue weighted by atomic mass is 79.9. The third kappa shape index (κ3) is 5.15. The smallest absolute Gasteiger partial charge is 0.248 e. The van der Waals surface area contributed by atoms with Crippen molar-refractivity contribution in [3.8, 4) is 10.4 Å². The number of thiophene rings is 1. The summed E-state index contributed by atoms with van der Waals surface area (Å²) in [6.45, 7) is 0. The van der Waals surface area contributed by atoms with Crippen molar-refractivity contribution < 1.29 is 17.6 Å². The average molecular weight is 480 g/mol. The zero-order chi connectivity index (χ0) is 20.3. The number of carbonyl (C=O) groups is 1. The molecule has 4 nitrogen and oxygen atoms in total. The second kappa shape index (κ2) is 8.38. The molecule has 3 aromatic rings. The zero-order valence-electron chi connectivity index (χ0n) is 14.6. The Balaban J connectivity index is 1.72. The highest BCUT2D eigenvalue weighted by Crippen LogP contribution is 2.29. The van der Waals surface area contributed by atoms with E-state index in [-0.39, 0.29) is 10.6 Å². The van der Waals surface area contributed by atoms with Crippen LogP contribution in [0.5, 0.6) is 0 Å². The maximum atomic E-state index is 13.9. The minimum Gasteiger partial charge on any atom is -0.320 e. The van der Waals surface area contributed by atoms with Crippen LogP contribution in [0.3, 0.4) is 0 Å².